The molecule has 0 aliphatic carbocycles. The fourth-order valence-electron chi connectivity index (χ4n) is 2.77. The molecule has 140 valence electrons. The maximum absolute atomic E-state index is 12.3. The number of nitrogens with zero attached hydrogens (tertiary/aromatic N) is 4. The van der Waals surface area contributed by atoms with Crippen molar-refractivity contribution in [1.82, 2.24) is 19.8 Å². The first-order chi connectivity index (χ1) is 13.5. The topological polar surface area (TPSA) is 84.2 Å². The number of carbonyl (C=O) groups is 1. The first kappa shape index (κ1) is 17.9. The second-order valence-corrected chi connectivity index (χ2v) is 6.77. The van der Waals surface area contributed by atoms with Crippen molar-refractivity contribution in [3.05, 3.63) is 71.0 Å². The number of amides is 2. The molecule has 0 atom stereocenters. The van der Waals surface area contributed by atoms with Crippen LogP contribution in [-0.2, 0) is 0 Å². The molecule has 4 aromatic rings. The van der Waals surface area contributed by atoms with Gasteiger partial charge in [0.25, 0.3) is 0 Å². The highest BCUT2D eigenvalue weighted by molar-refractivity contribution is 6.31. The minimum absolute atomic E-state index is 0.352. The van der Waals surface area contributed by atoms with Crippen molar-refractivity contribution in [2.75, 3.05) is 10.6 Å². The number of urea groups is 1. The van der Waals surface area contributed by atoms with Gasteiger partial charge in [-0.05, 0) is 55.8 Å². The number of anilines is 2. The molecule has 2 amide bonds. The van der Waals surface area contributed by atoms with Gasteiger partial charge in [0.1, 0.15) is 0 Å². The fourth-order valence-corrected chi connectivity index (χ4v) is 2.95. The van der Waals surface area contributed by atoms with E-state index in [-0.39, 0.29) is 6.03 Å². The monoisotopic (exact) mass is 392 g/mol. The standard InChI is InChI=1S/C20H17ClN6O/c1-12-6-7-16(11-17(12)21)23-20(28)22-15-5-3-4-14(10-15)18-8-9-19-25-24-13(2)27(19)26-18/h3-11H,1-2H3,(H2,22,23,28). The first-order valence-electron chi connectivity index (χ1n) is 8.63. The summed E-state index contributed by atoms with van der Waals surface area (Å²) >= 11 is 6.10. The van der Waals surface area contributed by atoms with Crippen molar-refractivity contribution in [3.63, 3.8) is 0 Å². The Labute approximate surface area is 166 Å². The number of halogens is 1. The number of hydrogen-bond acceptors (Lipinski definition) is 4. The van der Waals surface area contributed by atoms with Gasteiger partial charge in [0.2, 0.25) is 0 Å². The van der Waals surface area contributed by atoms with Crippen LogP contribution in [0.4, 0.5) is 16.2 Å². The molecular weight excluding hydrogens is 376 g/mol. The molecule has 0 aliphatic rings. The number of carbonyl (C=O) groups excluding carboxylic acids is 1. The van der Waals surface area contributed by atoms with Crippen molar-refractivity contribution in [3.8, 4) is 11.3 Å². The van der Waals surface area contributed by atoms with Crippen LogP contribution in [0.1, 0.15) is 11.4 Å². The largest absolute Gasteiger partial charge is 0.323 e. The van der Waals surface area contributed by atoms with E-state index in [1.54, 1.807) is 16.6 Å². The Morgan fingerprint density at radius 1 is 0.964 bits per heavy atom. The lowest BCUT2D eigenvalue weighted by Crippen LogP contribution is -2.19. The molecule has 7 nitrogen and oxygen atoms in total. The van der Waals surface area contributed by atoms with E-state index in [0.717, 1.165) is 16.8 Å². The number of benzene rings is 2. The average Bonchev–Trinajstić information content (AvgIpc) is 3.05. The molecule has 28 heavy (non-hydrogen) atoms. The second kappa shape index (κ2) is 7.28. The van der Waals surface area contributed by atoms with Gasteiger partial charge < -0.3 is 10.6 Å². The van der Waals surface area contributed by atoms with Crippen LogP contribution in [0.15, 0.2) is 54.6 Å². The van der Waals surface area contributed by atoms with E-state index in [1.807, 2.05) is 56.3 Å². The predicted molar refractivity (Wildman–Crippen MR) is 110 cm³/mol. The Morgan fingerprint density at radius 3 is 2.54 bits per heavy atom. The summed E-state index contributed by atoms with van der Waals surface area (Å²) in [5, 5.41) is 18.8. The van der Waals surface area contributed by atoms with Gasteiger partial charge in [-0.3, -0.25) is 0 Å². The Morgan fingerprint density at radius 2 is 1.75 bits per heavy atom. The summed E-state index contributed by atoms with van der Waals surface area (Å²) in [4.78, 5) is 12.3. The molecule has 2 aromatic carbocycles. The molecule has 4 rings (SSSR count). The number of hydrogen-bond donors (Lipinski definition) is 2. The van der Waals surface area contributed by atoms with Crippen LogP contribution in [0.3, 0.4) is 0 Å². The zero-order valence-corrected chi connectivity index (χ0v) is 16.0. The summed E-state index contributed by atoms with van der Waals surface area (Å²) in [6.45, 7) is 3.75. The van der Waals surface area contributed by atoms with Gasteiger partial charge in [-0.1, -0.05) is 29.8 Å². The molecule has 0 unspecified atom stereocenters. The van der Waals surface area contributed by atoms with E-state index in [2.05, 4.69) is 25.9 Å². The summed E-state index contributed by atoms with van der Waals surface area (Å²) in [5.74, 6) is 0.710. The van der Waals surface area contributed by atoms with Gasteiger partial charge in [0.05, 0.1) is 5.69 Å². The van der Waals surface area contributed by atoms with E-state index in [4.69, 9.17) is 11.6 Å². The van der Waals surface area contributed by atoms with E-state index in [9.17, 15) is 4.79 Å². The van der Waals surface area contributed by atoms with Gasteiger partial charge in [0.15, 0.2) is 11.5 Å². The van der Waals surface area contributed by atoms with Gasteiger partial charge in [0, 0.05) is 22.0 Å². The molecule has 8 heteroatoms. The predicted octanol–water partition coefficient (Wildman–Crippen LogP) is 4.71. The zero-order valence-electron chi connectivity index (χ0n) is 15.3. The number of nitrogens with one attached hydrogen (secondary N) is 2. The quantitative estimate of drug-likeness (QED) is 0.529. The minimum atomic E-state index is -0.352. The molecule has 0 aliphatic heterocycles. The Bertz CT molecular complexity index is 1190. The third kappa shape index (κ3) is 3.65. The van der Waals surface area contributed by atoms with Crippen LogP contribution < -0.4 is 10.6 Å². The summed E-state index contributed by atoms with van der Waals surface area (Å²) in [5.41, 5.74) is 4.53. The van der Waals surface area contributed by atoms with E-state index in [0.29, 0.717) is 27.9 Å². The highest BCUT2D eigenvalue weighted by atomic mass is 35.5. The first-order valence-corrected chi connectivity index (χ1v) is 9.01. The second-order valence-electron chi connectivity index (χ2n) is 6.36. The molecule has 2 aromatic heterocycles. The van der Waals surface area contributed by atoms with Crippen molar-refractivity contribution >= 4 is 34.7 Å². The Hall–Kier alpha value is -3.45. The molecule has 0 spiro atoms. The lowest BCUT2D eigenvalue weighted by molar-refractivity contribution is 0.262. The van der Waals surface area contributed by atoms with E-state index < -0.39 is 0 Å². The summed E-state index contributed by atoms with van der Waals surface area (Å²) in [6, 6.07) is 16.2. The SMILES string of the molecule is Cc1ccc(NC(=O)Nc2cccc(-c3ccc4nnc(C)n4n3)c2)cc1Cl. The maximum Gasteiger partial charge on any atom is 0.323 e. The van der Waals surface area contributed by atoms with Gasteiger partial charge >= 0.3 is 6.03 Å². The lowest BCUT2D eigenvalue weighted by atomic mass is 10.1. The van der Waals surface area contributed by atoms with Gasteiger partial charge in [-0.15, -0.1) is 10.2 Å². The third-order valence-electron chi connectivity index (χ3n) is 4.26. The molecule has 2 N–H and O–H groups in total. The number of rotatable bonds is 3. The van der Waals surface area contributed by atoms with Crippen LogP contribution >= 0.6 is 11.6 Å². The normalized spacial score (nSPS) is 10.8. The fraction of sp³-hybridized carbons (Fsp3) is 0.100. The maximum atomic E-state index is 12.3. The van der Waals surface area contributed by atoms with Crippen LogP contribution in [0, 0.1) is 13.8 Å². The molecule has 0 saturated heterocycles. The third-order valence-corrected chi connectivity index (χ3v) is 4.67. The minimum Gasteiger partial charge on any atom is -0.308 e. The van der Waals surface area contributed by atoms with Crippen molar-refractivity contribution in [2.45, 2.75) is 13.8 Å². The van der Waals surface area contributed by atoms with Gasteiger partial charge in [-0.25, -0.2) is 4.79 Å². The van der Waals surface area contributed by atoms with E-state index in [1.165, 1.54) is 0 Å². The molecule has 0 saturated carbocycles. The van der Waals surface area contributed by atoms with E-state index >= 15 is 0 Å². The average molecular weight is 393 g/mol. The van der Waals surface area contributed by atoms with Crippen LogP contribution in [0.5, 0.6) is 0 Å². The highest BCUT2D eigenvalue weighted by Crippen LogP contribution is 2.23. The Balaban J connectivity index is 1.53. The lowest BCUT2D eigenvalue weighted by Gasteiger charge is -2.10. The number of aromatic nitrogens is 4. The summed E-state index contributed by atoms with van der Waals surface area (Å²) in [7, 11) is 0. The van der Waals surface area contributed by atoms with Crippen molar-refractivity contribution in [2.24, 2.45) is 0 Å². The van der Waals surface area contributed by atoms with Crippen molar-refractivity contribution in [1.29, 1.82) is 0 Å². The molecule has 2 heterocycles. The smallest absolute Gasteiger partial charge is 0.308 e. The number of aryl methyl sites for hydroxylation is 2. The molecule has 0 fully saturated rings. The molecule has 0 radical (unpaired) electrons. The molecular formula is C20H17ClN6O. The zero-order chi connectivity index (χ0) is 19.7. The Kier molecular flexibility index (Phi) is 4.67. The summed E-state index contributed by atoms with van der Waals surface area (Å²) in [6.07, 6.45) is 0. The number of fused-ring (bicyclic) bond motifs is 1. The van der Waals surface area contributed by atoms with Crippen molar-refractivity contribution < 1.29 is 4.79 Å². The highest BCUT2D eigenvalue weighted by Gasteiger charge is 2.08. The van der Waals surface area contributed by atoms with Crippen LogP contribution in [0.25, 0.3) is 16.9 Å². The van der Waals surface area contributed by atoms with Crippen LogP contribution in [-0.4, -0.2) is 25.8 Å². The summed E-state index contributed by atoms with van der Waals surface area (Å²) < 4.78 is 1.68. The molecule has 0 bridgehead atoms. The van der Waals surface area contributed by atoms with Crippen LogP contribution in [0.2, 0.25) is 5.02 Å². The van der Waals surface area contributed by atoms with Gasteiger partial charge in [-0.2, -0.15) is 9.61 Å².